The molecule has 21 heavy (non-hydrogen) atoms. The molecule has 6 heteroatoms. The molecule has 1 unspecified atom stereocenters. The van der Waals surface area contributed by atoms with Crippen LogP contribution in [0.1, 0.15) is 13.3 Å². The first-order valence-electron chi connectivity index (χ1n) is 7.22. The van der Waals surface area contributed by atoms with Gasteiger partial charge in [-0.2, -0.15) is 0 Å². The lowest BCUT2D eigenvalue weighted by atomic mass is 10.1. The van der Waals surface area contributed by atoms with Crippen molar-refractivity contribution in [2.24, 2.45) is 0 Å². The lowest BCUT2D eigenvalue weighted by Crippen LogP contribution is -2.53. The van der Waals surface area contributed by atoms with Crippen LogP contribution in [0.2, 0.25) is 0 Å². The number of nitrogens with one attached hydrogen (secondary N) is 2. The number of carbonyl (C=O) groups is 2. The molecule has 0 radical (unpaired) electrons. The number of amides is 2. The van der Waals surface area contributed by atoms with Crippen molar-refractivity contribution in [2.45, 2.75) is 25.5 Å². The zero-order chi connectivity index (χ0) is 14.8. The Morgan fingerprint density at radius 2 is 2.24 bits per heavy atom. The SMILES string of the molecule is C[C@@H]1CNCCN1C(=O)CC1Oc2ccccc2NC1=O. The van der Waals surface area contributed by atoms with E-state index in [0.717, 1.165) is 13.1 Å². The Kier molecular flexibility index (Phi) is 3.79. The minimum atomic E-state index is -0.755. The van der Waals surface area contributed by atoms with Gasteiger partial charge >= 0.3 is 0 Å². The summed E-state index contributed by atoms with van der Waals surface area (Å²) in [6.45, 7) is 4.25. The molecule has 2 N–H and O–H groups in total. The number of hydrogen-bond donors (Lipinski definition) is 2. The number of hydrogen-bond acceptors (Lipinski definition) is 4. The number of ether oxygens (including phenoxy) is 1. The molecule has 2 heterocycles. The molecule has 0 spiro atoms. The highest BCUT2D eigenvalue weighted by Crippen LogP contribution is 2.29. The van der Waals surface area contributed by atoms with Gasteiger partial charge in [0.15, 0.2) is 6.10 Å². The number of fused-ring (bicyclic) bond motifs is 1. The first-order chi connectivity index (χ1) is 10.1. The van der Waals surface area contributed by atoms with Crippen LogP contribution in [0.4, 0.5) is 5.69 Å². The Balaban J connectivity index is 1.68. The van der Waals surface area contributed by atoms with Gasteiger partial charge in [-0.15, -0.1) is 0 Å². The van der Waals surface area contributed by atoms with E-state index in [-0.39, 0.29) is 24.3 Å². The van der Waals surface area contributed by atoms with E-state index >= 15 is 0 Å². The third-order valence-corrected chi connectivity index (χ3v) is 3.89. The highest BCUT2D eigenvalue weighted by molar-refractivity contribution is 5.99. The van der Waals surface area contributed by atoms with Gasteiger partial charge in [0.25, 0.3) is 5.91 Å². The highest BCUT2D eigenvalue weighted by Gasteiger charge is 2.32. The lowest BCUT2D eigenvalue weighted by Gasteiger charge is -2.35. The number of rotatable bonds is 2. The summed E-state index contributed by atoms with van der Waals surface area (Å²) in [7, 11) is 0. The second-order valence-corrected chi connectivity index (χ2v) is 5.44. The average molecular weight is 289 g/mol. The maximum atomic E-state index is 12.4. The van der Waals surface area contributed by atoms with Crippen LogP contribution in [0.15, 0.2) is 24.3 Å². The zero-order valence-corrected chi connectivity index (χ0v) is 12.0. The van der Waals surface area contributed by atoms with E-state index in [1.54, 1.807) is 12.1 Å². The molecule has 1 fully saturated rings. The summed E-state index contributed by atoms with van der Waals surface area (Å²) in [5.74, 6) is 0.316. The molecule has 0 aromatic heterocycles. The summed E-state index contributed by atoms with van der Waals surface area (Å²) in [5.41, 5.74) is 0.654. The van der Waals surface area contributed by atoms with Crippen molar-refractivity contribution in [1.82, 2.24) is 10.2 Å². The monoisotopic (exact) mass is 289 g/mol. The molecule has 3 rings (SSSR count). The van der Waals surface area contributed by atoms with E-state index < -0.39 is 6.10 Å². The van der Waals surface area contributed by atoms with E-state index in [0.29, 0.717) is 18.0 Å². The fourth-order valence-electron chi connectivity index (χ4n) is 2.71. The lowest BCUT2D eigenvalue weighted by molar-refractivity contribution is -0.139. The average Bonchev–Trinajstić information content (AvgIpc) is 2.48. The van der Waals surface area contributed by atoms with Gasteiger partial charge in [0.05, 0.1) is 12.1 Å². The molecule has 0 saturated carbocycles. The van der Waals surface area contributed by atoms with Crippen LogP contribution < -0.4 is 15.4 Å². The Hall–Kier alpha value is -2.08. The quantitative estimate of drug-likeness (QED) is 0.836. The fraction of sp³-hybridized carbons (Fsp3) is 0.467. The van der Waals surface area contributed by atoms with E-state index in [4.69, 9.17) is 4.74 Å². The van der Waals surface area contributed by atoms with Gasteiger partial charge in [-0.05, 0) is 19.1 Å². The van der Waals surface area contributed by atoms with Crippen molar-refractivity contribution in [3.8, 4) is 5.75 Å². The van der Waals surface area contributed by atoms with Crippen molar-refractivity contribution >= 4 is 17.5 Å². The Morgan fingerprint density at radius 3 is 3.05 bits per heavy atom. The van der Waals surface area contributed by atoms with E-state index in [1.807, 2.05) is 24.0 Å². The molecule has 2 aliphatic heterocycles. The Morgan fingerprint density at radius 1 is 1.43 bits per heavy atom. The first kappa shape index (κ1) is 13.9. The summed E-state index contributed by atoms with van der Waals surface area (Å²) in [5, 5.41) is 6.02. The molecular weight excluding hydrogens is 270 g/mol. The van der Waals surface area contributed by atoms with Crippen LogP contribution in [-0.2, 0) is 9.59 Å². The van der Waals surface area contributed by atoms with Crippen molar-refractivity contribution in [1.29, 1.82) is 0 Å². The topological polar surface area (TPSA) is 70.7 Å². The molecule has 2 aliphatic rings. The van der Waals surface area contributed by atoms with E-state index in [2.05, 4.69) is 10.6 Å². The van der Waals surface area contributed by atoms with Crippen molar-refractivity contribution in [3.05, 3.63) is 24.3 Å². The predicted molar refractivity (Wildman–Crippen MR) is 78.1 cm³/mol. The Labute approximate surface area is 123 Å². The normalized spacial score (nSPS) is 24.8. The molecule has 1 saturated heterocycles. The van der Waals surface area contributed by atoms with Gasteiger partial charge in [0, 0.05) is 25.7 Å². The third kappa shape index (κ3) is 2.85. The third-order valence-electron chi connectivity index (χ3n) is 3.89. The van der Waals surface area contributed by atoms with E-state index in [1.165, 1.54) is 0 Å². The highest BCUT2D eigenvalue weighted by atomic mass is 16.5. The van der Waals surface area contributed by atoms with Crippen LogP contribution in [0.25, 0.3) is 0 Å². The minimum absolute atomic E-state index is 0.0384. The second kappa shape index (κ2) is 5.73. The summed E-state index contributed by atoms with van der Waals surface area (Å²) in [6, 6.07) is 7.39. The van der Waals surface area contributed by atoms with Gasteiger partial charge < -0.3 is 20.3 Å². The van der Waals surface area contributed by atoms with Crippen LogP contribution in [0, 0.1) is 0 Å². The molecule has 1 aromatic carbocycles. The summed E-state index contributed by atoms with van der Waals surface area (Å²) < 4.78 is 5.67. The van der Waals surface area contributed by atoms with Crippen LogP contribution >= 0.6 is 0 Å². The molecule has 0 bridgehead atoms. The molecule has 2 atom stereocenters. The van der Waals surface area contributed by atoms with Gasteiger partial charge in [0.2, 0.25) is 5.91 Å². The summed E-state index contributed by atoms with van der Waals surface area (Å²) in [4.78, 5) is 26.2. The van der Waals surface area contributed by atoms with Crippen molar-refractivity contribution in [2.75, 3.05) is 25.0 Å². The summed E-state index contributed by atoms with van der Waals surface area (Å²) in [6.07, 6.45) is -0.681. The molecule has 6 nitrogen and oxygen atoms in total. The number of anilines is 1. The first-order valence-corrected chi connectivity index (χ1v) is 7.22. The molecular formula is C15H19N3O3. The van der Waals surface area contributed by atoms with Crippen LogP contribution in [-0.4, -0.2) is 48.5 Å². The molecule has 0 aliphatic carbocycles. The van der Waals surface area contributed by atoms with E-state index in [9.17, 15) is 9.59 Å². The molecule has 2 amide bonds. The maximum absolute atomic E-state index is 12.4. The van der Waals surface area contributed by atoms with Crippen molar-refractivity contribution < 1.29 is 14.3 Å². The second-order valence-electron chi connectivity index (χ2n) is 5.44. The number of nitrogens with zero attached hydrogens (tertiary/aromatic N) is 1. The number of para-hydroxylation sites is 2. The number of piperazine rings is 1. The largest absolute Gasteiger partial charge is 0.478 e. The predicted octanol–water partition coefficient (Wildman–Crippen LogP) is 0.596. The molecule has 112 valence electrons. The zero-order valence-electron chi connectivity index (χ0n) is 12.0. The van der Waals surface area contributed by atoms with Crippen LogP contribution in [0.3, 0.4) is 0 Å². The van der Waals surface area contributed by atoms with Gasteiger partial charge in [-0.25, -0.2) is 0 Å². The van der Waals surface area contributed by atoms with Crippen LogP contribution in [0.5, 0.6) is 5.75 Å². The van der Waals surface area contributed by atoms with Gasteiger partial charge in [-0.1, -0.05) is 12.1 Å². The molecule has 1 aromatic rings. The standard InChI is InChI=1S/C15H19N3O3/c1-10-9-16-6-7-18(10)14(19)8-13-15(20)17-11-4-2-3-5-12(11)21-13/h2-5,10,13,16H,6-9H2,1H3,(H,17,20)/t10-,13?/m1/s1. The summed E-state index contributed by atoms with van der Waals surface area (Å²) >= 11 is 0. The van der Waals surface area contributed by atoms with Crippen molar-refractivity contribution in [3.63, 3.8) is 0 Å². The maximum Gasteiger partial charge on any atom is 0.266 e. The van der Waals surface area contributed by atoms with Gasteiger partial charge in [-0.3, -0.25) is 9.59 Å². The number of benzene rings is 1. The number of carbonyl (C=O) groups excluding carboxylic acids is 2. The minimum Gasteiger partial charge on any atom is -0.478 e. The smallest absolute Gasteiger partial charge is 0.266 e. The fourth-order valence-corrected chi connectivity index (χ4v) is 2.71. The Bertz CT molecular complexity index is 561. The van der Waals surface area contributed by atoms with Gasteiger partial charge in [0.1, 0.15) is 5.75 Å².